The average molecular weight is 280 g/mol. The van der Waals surface area contributed by atoms with Crippen LogP contribution in [-0.4, -0.2) is 21.0 Å². The quantitative estimate of drug-likeness (QED) is 0.796. The first-order valence-electron chi connectivity index (χ1n) is 6.37. The molecule has 1 amide bonds. The number of rotatable bonds is 3. The van der Waals surface area contributed by atoms with Gasteiger partial charge in [0.15, 0.2) is 5.65 Å². The van der Waals surface area contributed by atoms with Crippen LogP contribution in [0.4, 0.5) is 4.79 Å². The van der Waals surface area contributed by atoms with Crippen molar-refractivity contribution in [3.8, 4) is 5.88 Å². The van der Waals surface area contributed by atoms with E-state index in [4.69, 9.17) is 4.74 Å². The molecule has 0 aromatic carbocycles. The van der Waals surface area contributed by atoms with E-state index in [1.807, 2.05) is 18.2 Å². The molecule has 3 aromatic heterocycles. The lowest BCUT2D eigenvalue weighted by Gasteiger charge is -2.06. The van der Waals surface area contributed by atoms with E-state index in [1.54, 1.807) is 36.8 Å². The third-order valence-electron chi connectivity index (χ3n) is 2.80. The largest absolute Gasteiger partial charge is 0.414 e. The standard InChI is InChI=1S/C15H12N4O2/c20-15(18-10-11-3-1-7-16-9-11)21-13-6-5-12-4-2-8-17-14(12)19-13/h1-9H,10H2,(H,18,20). The van der Waals surface area contributed by atoms with Crippen LogP contribution in [-0.2, 0) is 6.54 Å². The van der Waals surface area contributed by atoms with Crippen molar-refractivity contribution in [3.63, 3.8) is 0 Å². The van der Waals surface area contributed by atoms with Gasteiger partial charge in [-0.1, -0.05) is 6.07 Å². The van der Waals surface area contributed by atoms with E-state index in [0.717, 1.165) is 10.9 Å². The Morgan fingerprint density at radius 1 is 1.14 bits per heavy atom. The zero-order valence-electron chi connectivity index (χ0n) is 11.1. The molecule has 1 N–H and O–H groups in total. The second kappa shape index (κ2) is 5.96. The third kappa shape index (κ3) is 3.30. The third-order valence-corrected chi connectivity index (χ3v) is 2.80. The molecule has 0 spiro atoms. The summed E-state index contributed by atoms with van der Waals surface area (Å²) >= 11 is 0. The van der Waals surface area contributed by atoms with Crippen LogP contribution in [0.5, 0.6) is 5.88 Å². The molecule has 0 bridgehead atoms. The molecule has 3 heterocycles. The molecule has 0 atom stereocenters. The Kier molecular flexibility index (Phi) is 3.68. The molecule has 0 radical (unpaired) electrons. The highest BCUT2D eigenvalue weighted by molar-refractivity contribution is 5.76. The molecule has 3 rings (SSSR count). The summed E-state index contributed by atoms with van der Waals surface area (Å²) in [4.78, 5) is 24.0. The molecule has 0 unspecified atom stereocenters. The SMILES string of the molecule is O=C(NCc1cccnc1)Oc1ccc2cccnc2n1. The Hall–Kier alpha value is -3.02. The summed E-state index contributed by atoms with van der Waals surface area (Å²) in [5.74, 6) is 0.213. The number of pyridine rings is 3. The van der Waals surface area contributed by atoms with Crippen LogP contribution in [0.2, 0.25) is 0 Å². The van der Waals surface area contributed by atoms with Crippen molar-refractivity contribution in [1.29, 1.82) is 0 Å². The van der Waals surface area contributed by atoms with Crippen molar-refractivity contribution >= 4 is 17.1 Å². The fraction of sp³-hybridized carbons (Fsp3) is 0.0667. The van der Waals surface area contributed by atoms with Crippen LogP contribution in [0.1, 0.15) is 5.56 Å². The van der Waals surface area contributed by atoms with Gasteiger partial charge in [-0.15, -0.1) is 0 Å². The number of aromatic nitrogens is 3. The normalized spacial score (nSPS) is 10.3. The summed E-state index contributed by atoms with van der Waals surface area (Å²) in [6, 6.07) is 10.8. The molecule has 0 saturated carbocycles. The summed E-state index contributed by atoms with van der Waals surface area (Å²) < 4.78 is 5.12. The van der Waals surface area contributed by atoms with Crippen molar-refractivity contribution in [3.05, 3.63) is 60.6 Å². The Bertz CT molecular complexity index is 762. The van der Waals surface area contributed by atoms with Gasteiger partial charge in [0.05, 0.1) is 0 Å². The Labute approximate surface area is 120 Å². The minimum atomic E-state index is -0.568. The number of hydrogen-bond donors (Lipinski definition) is 1. The van der Waals surface area contributed by atoms with Crippen LogP contribution >= 0.6 is 0 Å². The Morgan fingerprint density at radius 3 is 2.90 bits per heavy atom. The van der Waals surface area contributed by atoms with Crippen molar-refractivity contribution in [1.82, 2.24) is 20.3 Å². The van der Waals surface area contributed by atoms with Crippen molar-refractivity contribution in [2.45, 2.75) is 6.54 Å². The molecule has 6 heteroatoms. The van der Waals surface area contributed by atoms with Gasteiger partial charge in [0, 0.05) is 36.6 Å². The fourth-order valence-corrected chi connectivity index (χ4v) is 1.80. The number of amides is 1. The molecule has 104 valence electrons. The molecule has 3 aromatic rings. The maximum Gasteiger partial charge on any atom is 0.414 e. The number of fused-ring (bicyclic) bond motifs is 1. The summed E-state index contributed by atoms with van der Waals surface area (Å²) in [7, 11) is 0. The topological polar surface area (TPSA) is 77.0 Å². The second-order valence-electron chi connectivity index (χ2n) is 4.30. The number of nitrogens with zero attached hydrogens (tertiary/aromatic N) is 3. The fourth-order valence-electron chi connectivity index (χ4n) is 1.80. The zero-order valence-corrected chi connectivity index (χ0v) is 11.1. The predicted octanol–water partition coefficient (Wildman–Crippen LogP) is 2.31. The highest BCUT2D eigenvalue weighted by Crippen LogP contribution is 2.14. The first kappa shape index (κ1) is 13.0. The lowest BCUT2D eigenvalue weighted by atomic mass is 10.3. The van der Waals surface area contributed by atoms with E-state index in [9.17, 15) is 4.79 Å². The maximum atomic E-state index is 11.7. The highest BCUT2D eigenvalue weighted by atomic mass is 16.6. The molecule has 0 aliphatic rings. The van der Waals surface area contributed by atoms with E-state index in [0.29, 0.717) is 12.2 Å². The molecular weight excluding hydrogens is 268 g/mol. The number of hydrogen-bond acceptors (Lipinski definition) is 5. The van der Waals surface area contributed by atoms with E-state index in [1.165, 1.54) is 0 Å². The average Bonchev–Trinajstić information content (AvgIpc) is 2.54. The monoisotopic (exact) mass is 280 g/mol. The minimum absolute atomic E-state index is 0.213. The van der Waals surface area contributed by atoms with Crippen LogP contribution in [0.15, 0.2) is 55.0 Å². The summed E-state index contributed by atoms with van der Waals surface area (Å²) in [6.07, 6.45) is 4.43. The van der Waals surface area contributed by atoms with Crippen LogP contribution in [0.3, 0.4) is 0 Å². The first-order valence-corrected chi connectivity index (χ1v) is 6.37. The molecule has 21 heavy (non-hydrogen) atoms. The van der Waals surface area contributed by atoms with Crippen LogP contribution in [0.25, 0.3) is 11.0 Å². The summed E-state index contributed by atoms with van der Waals surface area (Å²) in [5, 5.41) is 3.52. The van der Waals surface area contributed by atoms with Crippen LogP contribution < -0.4 is 10.1 Å². The molecule has 6 nitrogen and oxygen atoms in total. The van der Waals surface area contributed by atoms with Gasteiger partial charge in [0.2, 0.25) is 5.88 Å². The predicted molar refractivity (Wildman–Crippen MR) is 76.6 cm³/mol. The number of nitrogens with one attached hydrogen (secondary N) is 1. The second-order valence-corrected chi connectivity index (χ2v) is 4.30. The summed E-state index contributed by atoms with van der Waals surface area (Å²) in [6.45, 7) is 0.346. The van der Waals surface area contributed by atoms with Crippen molar-refractivity contribution in [2.75, 3.05) is 0 Å². The van der Waals surface area contributed by atoms with E-state index < -0.39 is 6.09 Å². The molecular formula is C15H12N4O2. The zero-order chi connectivity index (χ0) is 14.5. The molecule has 0 aliphatic heterocycles. The van der Waals surface area contributed by atoms with Crippen LogP contribution in [0, 0.1) is 0 Å². The van der Waals surface area contributed by atoms with Crippen molar-refractivity contribution < 1.29 is 9.53 Å². The van der Waals surface area contributed by atoms with Gasteiger partial charge in [-0.3, -0.25) is 4.98 Å². The van der Waals surface area contributed by atoms with Gasteiger partial charge in [-0.2, -0.15) is 4.98 Å². The van der Waals surface area contributed by atoms with Gasteiger partial charge >= 0.3 is 6.09 Å². The Morgan fingerprint density at radius 2 is 2.05 bits per heavy atom. The highest BCUT2D eigenvalue weighted by Gasteiger charge is 2.06. The van der Waals surface area contributed by atoms with Gasteiger partial charge in [-0.25, -0.2) is 9.78 Å². The lowest BCUT2D eigenvalue weighted by Crippen LogP contribution is -2.26. The number of ether oxygens (including phenoxy) is 1. The Balaban J connectivity index is 1.63. The molecule has 0 saturated heterocycles. The maximum absolute atomic E-state index is 11.7. The minimum Gasteiger partial charge on any atom is -0.391 e. The van der Waals surface area contributed by atoms with E-state index in [2.05, 4.69) is 20.3 Å². The molecule has 0 fully saturated rings. The number of carbonyl (C=O) groups excluding carboxylic acids is 1. The van der Waals surface area contributed by atoms with Crippen molar-refractivity contribution in [2.24, 2.45) is 0 Å². The lowest BCUT2D eigenvalue weighted by molar-refractivity contribution is 0.198. The number of carbonyl (C=O) groups is 1. The van der Waals surface area contributed by atoms with Gasteiger partial charge < -0.3 is 10.1 Å². The first-order chi connectivity index (χ1) is 10.3. The van der Waals surface area contributed by atoms with Gasteiger partial charge in [-0.05, 0) is 29.8 Å². The van der Waals surface area contributed by atoms with Gasteiger partial charge in [0.1, 0.15) is 0 Å². The smallest absolute Gasteiger partial charge is 0.391 e. The van der Waals surface area contributed by atoms with E-state index in [-0.39, 0.29) is 5.88 Å². The molecule has 0 aliphatic carbocycles. The summed E-state index contributed by atoms with van der Waals surface area (Å²) in [5.41, 5.74) is 1.43. The van der Waals surface area contributed by atoms with Gasteiger partial charge in [0.25, 0.3) is 0 Å². The van der Waals surface area contributed by atoms with E-state index >= 15 is 0 Å².